The Morgan fingerprint density at radius 3 is 2.83 bits per heavy atom. The molecular weight excluding hydrogens is 362 g/mol. The second-order valence-corrected chi connectivity index (χ2v) is 7.88. The summed E-state index contributed by atoms with van der Waals surface area (Å²) in [5.41, 5.74) is 3.64. The van der Waals surface area contributed by atoms with E-state index in [1.54, 1.807) is 0 Å². The molecule has 0 atom stereocenters. The zero-order valence-corrected chi connectivity index (χ0v) is 18.1. The molecule has 6 heteroatoms. The van der Waals surface area contributed by atoms with Gasteiger partial charge < -0.3 is 15.4 Å². The summed E-state index contributed by atoms with van der Waals surface area (Å²) in [6, 6.07) is 6.44. The number of benzene rings is 1. The lowest BCUT2D eigenvalue weighted by molar-refractivity contribution is 0.208. The number of ether oxygens (including phenoxy) is 1. The van der Waals surface area contributed by atoms with Crippen LogP contribution in [0.25, 0.3) is 0 Å². The van der Waals surface area contributed by atoms with Crippen LogP contribution in [0.4, 0.5) is 0 Å². The molecule has 2 aromatic rings. The molecule has 0 amide bonds. The van der Waals surface area contributed by atoms with Gasteiger partial charge in [0.1, 0.15) is 5.75 Å². The summed E-state index contributed by atoms with van der Waals surface area (Å²) in [5, 5.41) is 11.0. The minimum Gasteiger partial charge on any atom is -0.490 e. The van der Waals surface area contributed by atoms with Gasteiger partial charge in [-0.2, -0.15) is 5.10 Å². The van der Waals surface area contributed by atoms with Gasteiger partial charge >= 0.3 is 0 Å². The largest absolute Gasteiger partial charge is 0.490 e. The summed E-state index contributed by atoms with van der Waals surface area (Å²) in [5.74, 6) is 1.85. The van der Waals surface area contributed by atoms with Crippen LogP contribution in [0.2, 0.25) is 0 Å². The molecule has 0 unspecified atom stereocenters. The molecule has 0 aliphatic heterocycles. The molecule has 3 rings (SSSR count). The fourth-order valence-electron chi connectivity index (χ4n) is 3.69. The predicted molar refractivity (Wildman–Crippen MR) is 118 cm³/mol. The summed E-state index contributed by atoms with van der Waals surface area (Å²) < 4.78 is 8.16. The number of nitrogens with one attached hydrogen (secondary N) is 2. The van der Waals surface area contributed by atoms with E-state index >= 15 is 0 Å². The maximum absolute atomic E-state index is 6.31. The molecular formula is C23H35N5O. The van der Waals surface area contributed by atoms with Crippen molar-refractivity contribution in [3.8, 4) is 5.75 Å². The van der Waals surface area contributed by atoms with Gasteiger partial charge in [-0.25, -0.2) is 4.99 Å². The molecule has 0 bridgehead atoms. The van der Waals surface area contributed by atoms with E-state index in [0.29, 0.717) is 12.6 Å². The van der Waals surface area contributed by atoms with Gasteiger partial charge in [0, 0.05) is 31.9 Å². The number of rotatable bonds is 9. The van der Waals surface area contributed by atoms with Gasteiger partial charge in [-0.15, -0.1) is 0 Å². The summed E-state index contributed by atoms with van der Waals surface area (Å²) in [4.78, 5) is 4.80. The topological polar surface area (TPSA) is 63.5 Å². The van der Waals surface area contributed by atoms with Crippen LogP contribution in [-0.4, -0.2) is 34.9 Å². The van der Waals surface area contributed by atoms with Gasteiger partial charge in [-0.3, -0.25) is 4.68 Å². The first-order valence-electron chi connectivity index (χ1n) is 10.9. The van der Waals surface area contributed by atoms with E-state index < -0.39 is 0 Å². The monoisotopic (exact) mass is 397 g/mol. The second kappa shape index (κ2) is 10.9. The fraction of sp³-hybridized carbons (Fsp3) is 0.565. The molecule has 1 aliphatic rings. The van der Waals surface area contributed by atoms with Gasteiger partial charge in [0.2, 0.25) is 0 Å². The third kappa shape index (κ3) is 6.80. The highest BCUT2D eigenvalue weighted by molar-refractivity contribution is 5.79. The Balaban J connectivity index is 1.55. The minimum absolute atomic E-state index is 0.360. The van der Waals surface area contributed by atoms with Crippen LogP contribution in [0.1, 0.15) is 55.7 Å². The van der Waals surface area contributed by atoms with Crippen LogP contribution in [0.3, 0.4) is 0 Å². The van der Waals surface area contributed by atoms with Crippen molar-refractivity contribution >= 4 is 5.96 Å². The summed E-state index contributed by atoms with van der Waals surface area (Å²) in [6.07, 6.45) is 11.3. The third-order valence-corrected chi connectivity index (χ3v) is 5.26. The minimum atomic E-state index is 0.360. The van der Waals surface area contributed by atoms with E-state index in [4.69, 9.17) is 9.73 Å². The van der Waals surface area contributed by atoms with Crippen LogP contribution in [-0.2, 0) is 20.0 Å². The van der Waals surface area contributed by atoms with E-state index in [1.165, 1.54) is 24.0 Å². The van der Waals surface area contributed by atoms with Crippen molar-refractivity contribution in [2.24, 2.45) is 12.0 Å². The molecule has 158 valence electrons. The number of nitrogens with zero attached hydrogens (tertiary/aromatic N) is 3. The van der Waals surface area contributed by atoms with Crippen LogP contribution in [0, 0.1) is 6.92 Å². The fourth-order valence-corrected chi connectivity index (χ4v) is 3.69. The standard InChI is InChI=1S/C23H35N5O/c1-4-24-23(25-13-7-8-19-15-27-28(3)17-19)26-16-20-12-11-18(2)14-22(20)29-21-9-5-6-10-21/h11-12,14-15,17,21H,4-10,13,16H2,1-3H3,(H2,24,25,26). The van der Waals surface area contributed by atoms with E-state index in [9.17, 15) is 0 Å². The molecule has 1 aliphatic carbocycles. The van der Waals surface area contributed by atoms with Crippen molar-refractivity contribution < 1.29 is 4.74 Å². The number of hydrogen-bond donors (Lipinski definition) is 2. The number of aromatic nitrogens is 2. The Morgan fingerprint density at radius 1 is 1.28 bits per heavy atom. The van der Waals surface area contributed by atoms with Gasteiger partial charge in [-0.05, 0) is 69.6 Å². The molecule has 2 N–H and O–H groups in total. The summed E-state index contributed by atoms with van der Waals surface area (Å²) >= 11 is 0. The average Bonchev–Trinajstić information content (AvgIpc) is 3.36. The van der Waals surface area contributed by atoms with Gasteiger partial charge in [0.25, 0.3) is 0 Å². The lowest BCUT2D eigenvalue weighted by Crippen LogP contribution is -2.37. The Kier molecular flexibility index (Phi) is 7.96. The Bertz CT molecular complexity index is 792. The first kappa shape index (κ1) is 21.2. The van der Waals surface area contributed by atoms with E-state index in [1.807, 2.05) is 17.9 Å². The maximum Gasteiger partial charge on any atom is 0.191 e. The molecule has 0 saturated heterocycles. The highest BCUT2D eigenvalue weighted by atomic mass is 16.5. The summed E-state index contributed by atoms with van der Waals surface area (Å²) in [6.45, 7) is 6.53. The number of aryl methyl sites for hydroxylation is 3. The molecule has 29 heavy (non-hydrogen) atoms. The van der Waals surface area contributed by atoms with Gasteiger partial charge in [0.05, 0.1) is 18.8 Å². The second-order valence-electron chi connectivity index (χ2n) is 7.88. The van der Waals surface area contributed by atoms with Crippen molar-refractivity contribution in [2.45, 2.75) is 65.0 Å². The van der Waals surface area contributed by atoms with Crippen LogP contribution in [0.5, 0.6) is 5.75 Å². The van der Waals surface area contributed by atoms with Crippen LogP contribution in [0.15, 0.2) is 35.6 Å². The SMILES string of the molecule is CCNC(=NCc1ccc(C)cc1OC1CCCC1)NCCCc1cnn(C)c1. The van der Waals surface area contributed by atoms with Crippen LogP contribution >= 0.6 is 0 Å². The maximum atomic E-state index is 6.31. The summed E-state index contributed by atoms with van der Waals surface area (Å²) in [7, 11) is 1.95. The third-order valence-electron chi connectivity index (χ3n) is 5.26. The molecule has 6 nitrogen and oxygen atoms in total. The quantitative estimate of drug-likeness (QED) is 0.384. The number of hydrogen-bond acceptors (Lipinski definition) is 3. The van der Waals surface area contributed by atoms with Crippen molar-refractivity contribution in [1.82, 2.24) is 20.4 Å². The smallest absolute Gasteiger partial charge is 0.191 e. The highest BCUT2D eigenvalue weighted by Gasteiger charge is 2.18. The highest BCUT2D eigenvalue weighted by Crippen LogP contribution is 2.28. The van der Waals surface area contributed by atoms with E-state index in [2.05, 4.69) is 54.0 Å². The zero-order valence-electron chi connectivity index (χ0n) is 18.1. The van der Waals surface area contributed by atoms with Crippen molar-refractivity contribution in [2.75, 3.05) is 13.1 Å². The number of aliphatic imine (C=N–C) groups is 1. The van der Waals surface area contributed by atoms with E-state index in [-0.39, 0.29) is 0 Å². The molecule has 1 aromatic heterocycles. The predicted octanol–water partition coefficient (Wildman–Crippen LogP) is 3.74. The number of guanidine groups is 1. The van der Waals surface area contributed by atoms with Gasteiger partial charge in [0.15, 0.2) is 5.96 Å². The normalized spacial score (nSPS) is 14.9. The van der Waals surface area contributed by atoms with Crippen LogP contribution < -0.4 is 15.4 Å². The first-order chi connectivity index (χ1) is 14.1. The van der Waals surface area contributed by atoms with Crippen molar-refractivity contribution in [3.05, 3.63) is 47.3 Å². The average molecular weight is 398 g/mol. The Hall–Kier alpha value is -2.50. The van der Waals surface area contributed by atoms with Gasteiger partial charge in [-0.1, -0.05) is 12.1 Å². The van der Waals surface area contributed by atoms with Crippen molar-refractivity contribution in [3.63, 3.8) is 0 Å². The molecule has 0 spiro atoms. The van der Waals surface area contributed by atoms with Crippen molar-refractivity contribution in [1.29, 1.82) is 0 Å². The zero-order chi connectivity index (χ0) is 20.5. The Morgan fingerprint density at radius 2 is 2.10 bits per heavy atom. The molecule has 1 fully saturated rings. The lowest BCUT2D eigenvalue weighted by atomic mass is 10.1. The molecule has 1 aromatic carbocycles. The first-order valence-corrected chi connectivity index (χ1v) is 10.9. The molecule has 1 saturated carbocycles. The Labute approximate surface area is 174 Å². The lowest BCUT2D eigenvalue weighted by Gasteiger charge is -2.17. The van der Waals surface area contributed by atoms with E-state index in [0.717, 1.165) is 56.0 Å². The molecule has 0 radical (unpaired) electrons. The molecule has 1 heterocycles.